The van der Waals surface area contributed by atoms with Crippen molar-refractivity contribution < 1.29 is 5.11 Å². The second-order valence-electron chi connectivity index (χ2n) is 4.40. The van der Waals surface area contributed by atoms with Crippen LogP contribution in [0.1, 0.15) is 46.0 Å². The highest BCUT2D eigenvalue weighted by molar-refractivity contribution is 4.80. The Morgan fingerprint density at radius 3 is 2.69 bits per heavy atom. The average Bonchev–Trinajstić information content (AvgIpc) is 2.15. The molecule has 1 aliphatic rings. The van der Waals surface area contributed by atoms with E-state index >= 15 is 0 Å². The van der Waals surface area contributed by atoms with Crippen LogP contribution in [-0.2, 0) is 0 Å². The molecule has 1 N–H and O–H groups in total. The van der Waals surface area contributed by atoms with Crippen LogP contribution < -0.4 is 0 Å². The van der Waals surface area contributed by atoms with E-state index in [4.69, 9.17) is 0 Å². The van der Waals surface area contributed by atoms with Crippen molar-refractivity contribution in [1.82, 2.24) is 4.90 Å². The molecule has 78 valence electrons. The van der Waals surface area contributed by atoms with E-state index in [0.29, 0.717) is 12.1 Å². The van der Waals surface area contributed by atoms with Gasteiger partial charge in [0.2, 0.25) is 0 Å². The van der Waals surface area contributed by atoms with E-state index in [1.807, 2.05) is 0 Å². The van der Waals surface area contributed by atoms with Crippen LogP contribution in [0.4, 0.5) is 0 Å². The molecule has 0 radical (unpaired) electrons. The van der Waals surface area contributed by atoms with Crippen LogP contribution in [0, 0.1) is 0 Å². The summed E-state index contributed by atoms with van der Waals surface area (Å²) >= 11 is 0. The summed E-state index contributed by atoms with van der Waals surface area (Å²) in [5, 5.41) is 9.56. The summed E-state index contributed by atoms with van der Waals surface area (Å²) in [4.78, 5) is 2.43. The Hall–Kier alpha value is -0.0800. The van der Waals surface area contributed by atoms with Gasteiger partial charge in [0, 0.05) is 12.1 Å². The normalized spacial score (nSPS) is 32.1. The molecule has 0 aromatic carbocycles. The summed E-state index contributed by atoms with van der Waals surface area (Å²) in [6.45, 7) is 4.49. The van der Waals surface area contributed by atoms with Gasteiger partial charge in [0.1, 0.15) is 0 Å². The maximum absolute atomic E-state index is 9.56. The fraction of sp³-hybridized carbons (Fsp3) is 1.00. The number of nitrogens with zero attached hydrogens (tertiary/aromatic N) is 1. The highest BCUT2D eigenvalue weighted by Gasteiger charge is 2.25. The summed E-state index contributed by atoms with van der Waals surface area (Å²) in [5.74, 6) is 0. The lowest BCUT2D eigenvalue weighted by molar-refractivity contribution is 0.0573. The Bertz CT molecular complexity index is 149. The Balaban J connectivity index is 2.41. The van der Waals surface area contributed by atoms with E-state index in [0.717, 1.165) is 12.8 Å². The molecule has 1 fully saturated rings. The van der Waals surface area contributed by atoms with Gasteiger partial charge in [0.25, 0.3) is 0 Å². The Morgan fingerprint density at radius 1 is 1.46 bits per heavy atom. The van der Waals surface area contributed by atoms with Crippen molar-refractivity contribution in [2.75, 3.05) is 7.05 Å². The zero-order valence-corrected chi connectivity index (χ0v) is 9.16. The van der Waals surface area contributed by atoms with Crippen LogP contribution in [0.25, 0.3) is 0 Å². The molecule has 1 aliphatic carbocycles. The quantitative estimate of drug-likeness (QED) is 0.727. The minimum absolute atomic E-state index is 0.0507. The van der Waals surface area contributed by atoms with Gasteiger partial charge in [-0.15, -0.1) is 0 Å². The van der Waals surface area contributed by atoms with E-state index in [1.54, 1.807) is 0 Å². The second-order valence-corrected chi connectivity index (χ2v) is 4.40. The van der Waals surface area contributed by atoms with E-state index in [-0.39, 0.29) is 6.10 Å². The second kappa shape index (κ2) is 4.97. The molecule has 2 nitrogen and oxygen atoms in total. The zero-order chi connectivity index (χ0) is 9.84. The average molecular weight is 185 g/mol. The van der Waals surface area contributed by atoms with Crippen LogP contribution in [0.2, 0.25) is 0 Å². The van der Waals surface area contributed by atoms with Crippen LogP contribution in [0.15, 0.2) is 0 Å². The topological polar surface area (TPSA) is 23.5 Å². The summed E-state index contributed by atoms with van der Waals surface area (Å²) in [6, 6.07) is 1.26. The van der Waals surface area contributed by atoms with Gasteiger partial charge in [-0.1, -0.05) is 6.92 Å². The highest BCUT2D eigenvalue weighted by atomic mass is 16.3. The first kappa shape index (κ1) is 11.0. The summed E-state index contributed by atoms with van der Waals surface area (Å²) < 4.78 is 0. The van der Waals surface area contributed by atoms with Gasteiger partial charge >= 0.3 is 0 Å². The van der Waals surface area contributed by atoms with Crippen LogP contribution in [0.3, 0.4) is 0 Å². The lowest BCUT2D eigenvalue weighted by atomic mass is 9.91. The predicted octanol–water partition coefficient (Wildman–Crippen LogP) is 2.02. The van der Waals surface area contributed by atoms with E-state index < -0.39 is 0 Å². The monoisotopic (exact) mass is 185 g/mol. The van der Waals surface area contributed by atoms with E-state index in [1.165, 1.54) is 19.3 Å². The molecular formula is C11H23NO. The minimum atomic E-state index is -0.0507. The molecule has 1 rings (SSSR count). The third-order valence-electron chi connectivity index (χ3n) is 3.48. The first-order valence-electron chi connectivity index (χ1n) is 5.55. The fourth-order valence-corrected chi connectivity index (χ4v) is 2.16. The SMILES string of the molecule is CCC(C)N(C)C1CCCC(O)C1. The Kier molecular flexibility index (Phi) is 4.20. The van der Waals surface area contributed by atoms with Crippen molar-refractivity contribution in [3.8, 4) is 0 Å². The van der Waals surface area contributed by atoms with E-state index in [2.05, 4.69) is 25.8 Å². The maximum Gasteiger partial charge on any atom is 0.0555 e. The van der Waals surface area contributed by atoms with Gasteiger partial charge in [-0.25, -0.2) is 0 Å². The molecular weight excluding hydrogens is 162 g/mol. The molecule has 0 saturated heterocycles. The molecule has 0 aromatic rings. The van der Waals surface area contributed by atoms with Crippen molar-refractivity contribution in [3.05, 3.63) is 0 Å². The van der Waals surface area contributed by atoms with Gasteiger partial charge in [-0.2, -0.15) is 0 Å². The summed E-state index contributed by atoms with van der Waals surface area (Å²) in [6.07, 6.45) is 5.57. The first-order valence-corrected chi connectivity index (χ1v) is 5.55. The Morgan fingerprint density at radius 2 is 2.15 bits per heavy atom. The van der Waals surface area contributed by atoms with E-state index in [9.17, 15) is 5.11 Å². The van der Waals surface area contributed by atoms with Crippen LogP contribution >= 0.6 is 0 Å². The van der Waals surface area contributed by atoms with Crippen LogP contribution in [-0.4, -0.2) is 35.2 Å². The van der Waals surface area contributed by atoms with Crippen molar-refractivity contribution in [1.29, 1.82) is 0 Å². The molecule has 3 unspecified atom stereocenters. The lowest BCUT2D eigenvalue weighted by Crippen LogP contribution is -2.42. The van der Waals surface area contributed by atoms with Gasteiger partial charge in [-0.05, 0) is 46.1 Å². The number of hydrogen-bond acceptors (Lipinski definition) is 2. The number of hydrogen-bond donors (Lipinski definition) is 1. The molecule has 3 atom stereocenters. The minimum Gasteiger partial charge on any atom is -0.393 e. The smallest absolute Gasteiger partial charge is 0.0555 e. The fourth-order valence-electron chi connectivity index (χ4n) is 2.16. The summed E-state index contributed by atoms with van der Waals surface area (Å²) in [7, 11) is 2.19. The number of rotatable bonds is 3. The van der Waals surface area contributed by atoms with Gasteiger partial charge in [0.15, 0.2) is 0 Å². The molecule has 0 amide bonds. The van der Waals surface area contributed by atoms with Crippen molar-refractivity contribution in [2.45, 2.75) is 64.1 Å². The Labute approximate surface area is 81.9 Å². The largest absolute Gasteiger partial charge is 0.393 e. The predicted molar refractivity (Wildman–Crippen MR) is 55.8 cm³/mol. The standard InChI is InChI=1S/C11H23NO/c1-4-9(2)12(3)10-6-5-7-11(13)8-10/h9-11,13H,4-8H2,1-3H3. The molecule has 13 heavy (non-hydrogen) atoms. The summed E-state index contributed by atoms with van der Waals surface area (Å²) in [5.41, 5.74) is 0. The molecule has 1 saturated carbocycles. The van der Waals surface area contributed by atoms with Crippen LogP contribution in [0.5, 0.6) is 0 Å². The molecule has 0 aromatic heterocycles. The molecule has 0 bridgehead atoms. The van der Waals surface area contributed by atoms with Crippen molar-refractivity contribution in [2.24, 2.45) is 0 Å². The zero-order valence-electron chi connectivity index (χ0n) is 9.16. The number of aliphatic hydroxyl groups excluding tert-OH is 1. The maximum atomic E-state index is 9.56. The number of aliphatic hydroxyl groups is 1. The third-order valence-corrected chi connectivity index (χ3v) is 3.48. The lowest BCUT2D eigenvalue weighted by Gasteiger charge is -2.36. The molecule has 0 spiro atoms. The highest BCUT2D eigenvalue weighted by Crippen LogP contribution is 2.23. The van der Waals surface area contributed by atoms with Gasteiger partial charge in [0.05, 0.1) is 6.10 Å². The molecule has 0 heterocycles. The van der Waals surface area contributed by atoms with Gasteiger partial charge < -0.3 is 10.0 Å². The van der Waals surface area contributed by atoms with Crippen molar-refractivity contribution in [3.63, 3.8) is 0 Å². The van der Waals surface area contributed by atoms with Crippen molar-refractivity contribution >= 4 is 0 Å². The third kappa shape index (κ3) is 2.96. The molecule has 0 aliphatic heterocycles. The first-order chi connectivity index (χ1) is 6.15. The van der Waals surface area contributed by atoms with Gasteiger partial charge in [-0.3, -0.25) is 0 Å². The molecule has 2 heteroatoms.